The highest BCUT2D eigenvalue weighted by atomic mass is 32.2. The first-order chi connectivity index (χ1) is 17.2. The summed E-state index contributed by atoms with van der Waals surface area (Å²) in [6, 6.07) is 24.0. The molecule has 0 aromatic heterocycles. The van der Waals surface area contributed by atoms with Gasteiger partial charge in [0.25, 0.3) is 10.0 Å². The predicted octanol–water partition coefficient (Wildman–Crippen LogP) is 4.28. The van der Waals surface area contributed by atoms with E-state index in [9.17, 15) is 13.5 Å². The zero-order valence-corrected chi connectivity index (χ0v) is 20.4. The lowest BCUT2D eigenvalue weighted by molar-refractivity contribution is 0.0371. The van der Waals surface area contributed by atoms with Gasteiger partial charge in [0, 0.05) is 27.5 Å². The topological polar surface area (TPSA) is 111 Å². The standard InChI is InChI=1S/C28H23N3O4S/c1-28(32,30-19-29)22-15-12-20(13-16-22)11-14-21-7-3-6-10-25(21)31-36(33,34)27-18-17-26(35-2)23-8-4-5-9-24(23)27/h3-10,12-13,15-18,30-32H,1-2H3. The van der Waals surface area contributed by atoms with E-state index >= 15 is 0 Å². The van der Waals surface area contributed by atoms with Crippen molar-refractivity contribution in [2.75, 3.05) is 11.8 Å². The van der Waals surface area contributed by atoms with Crippen molar-refractivity contribution in [3.63, 3.8) is 0 Å². The molecule has 3 N–H and O–H groups in total. The van der Waals surface area contributed by atoms with E-state index in [2.05, 4.69) is 21.9 Å². The quantitative estimate of drug-likeness (QED) is 0.159. The monoisotopic (exact) mass is 497 g/mol. The normalized spacial score (nSPS) is 12.5. The van der Waals surface area contributed by atoms with E-state index < -0.39 is 15.7 Å². The molecule has 0 saturated carbocycles. The molecule has 0 amide bonds. The molecule has 1 atom stereocenters. The van der Waals surface area contributed by atoms with Crippen molar-refractivity contribution < 1.29 is 18.3 Å². The van der Waals surface area contributed by atoms with Crippen LogP contribution in [0.25, 0.3) is 10.8 Å². The molecule has 0 saturated heterocycles. The summed E-state index contributed by atoms with van der Waals surface area (Å²) in [7, 11) is -2.39. The van der Waals surface area contributed by atoms with E-state index in [0.29, 0.717) is 38.9 Å². The highest BCUT2D eigenvalue weighted by Crippen LogP contribution is 2.32. The van der Waals surface area contributed by atoms with Crippen LogP contribution in [0.5, 0.6) is 5.75 Å². The third kappa shape index (κ3) is 5.11. The SMILES string of the molecule is COc1ccc(S(=O)(=O)Nc2ccccc2C#Cc2ccc(C(C)(O)NC#N)cc2)c2ccccc12. The number of rotatable bonds is 6. The Labute approximate surface area is 210 Å². The summed E-state index contributed by atoms with van der Waals surface area (Å²) >= 11 is 0. The average Bonchev–Trinajstić information content (AvgIpc) is 2.87. The van der Waals surface area contributed by atoms with Crippen LogP contribution in [0.4, 0.5) is 5.69 Å². The first kappa shape index (κ1) is 24.6. The first-order valence-corrected chi connectivity index (χ1v) is 12.4. The van der Waals surface area contributed by atoms with Crippen molar-refractivity contribution in [3.8, 4) is 23.8 Å². The van der Waals surface area contributed by atoms with Crippen molar-refractivity contribution in [1.82, 2.24) is 5.32 Å². The second-order valence-electron chi connectivity index (χ2n) is 8.10. The molecule has 0 spiro atoms. The van der Waals surface area contributed by atoms with Crippen molar-refractivity contribution in [3.05, 3.63) is 102 Å². The zero-order chi connectivity index (χ0) is 25.8. The van der Waals surface area contributed by atoms with Gasteiger partial charge in [0.2, 0.25) is 0 Å². The van der Waals surface area contributed by atoms with Gasteiger partial charge in [-0.25, -0.2) is 8.42 Å². The third-order valence-corrected chi connectivity index (χ3v) is 7.04. The maximum atomic E-state index is 13.4. The summed E-state index contributed by atoms with van der Waals surface area (Å²) < 4.78 is 34.8. The van der Waals surface area contributed by atoms with Gasteiger partial charge in [0.15, 0.2) is 11.9 Å². The Morgan fingerprint density at radius 1 is 0.889 bits per heavy atom. The van der Waals surface area contributed by atoms with Crippen molar-refractivity contribution >= 4 is 26.5 Å². The molecular formula is C28H23N3O4S. The van der Waals surface area contributed by atoms with Gasteiger partial charge in [0.05, 0.1) is 17.7 Å². The molecule has 0 aliphatic rings. The molecule has 0 bridgehead atoms. The molecule has 0 aliphatic heterocycles. The van der Waals surface area contributed by atoms with E-state index in [-0.39, 0.29) is 4.90 Å². The van der Waals surface area contributed by atoms with Crippen LogP contribution >= 0.6 is 0 Å². The number of aliphatic hydroxyl groups is 1. The largest absolute Gasteiger partial charge is 0.496 e. The number of hydrogen-bond acceptors (Lipinski definition) is 6. The number of nitrogens with zero attached hydrogens (tertiary/aromatic N) is 1. The smallest absolute Gasteiger partial charge is 0.262 e. The Balaban J connectivity index is 1.65. The lowest BCUT2D eigenvalue weighted by Gasteiger charge is -2.21. The molecule has 4 aromatic carbocycles. The van der Waals surface area contributed by atoms with Crippen molar-refractivity contribution in [1.29, 1.82) is 5.26 Å². The van der Waals surface area contributed by atoms with Crippen LogP contribution in [-0.4, -0.2) is 20.6 Å². The van der Waals surface area contributed by atoms with Gasteiger partial charge in [-0.1, -0.05) is 60.4 Å². The number of nitriles is 1. The first-order valence-electron chi connectivity index (χ1n) is 10.9. The minimum atomic E-state index is -3.93. The summed E-state index contributed by atoms with van der Waals surface area (Å²) in [5, 5.41) is 22.6. The number of hydrogen-bond donors (Lipinski definition) is 3. The Morgan fingerprint density at radius 2 is 1.56 bits per heavy atom. The van der Waals surface area contributed by atoms with Crippen LogP contribution in [-0.2, 0) is 15.7 Å². The van der Waals surface area contributed by atoms with E-state index in [1.54, 1.807) is 80.0 Å². The Kier molecular flexibility index (Phi) is 6.84. The highest BCUT2D eigenvalue weighted by Gasteiger charge is 2.22. The summed E-state index contributed by atoms with van der Waals surface area (Å²) in [5.41, 5.74) is 0.528. The molecule has 0 heterocycles. The Bertz CT molecular complexity index is 1630. The Hall–Kier alpha value is -4.50. The highest BCUT2D eigenvalue weighted by molar-refractivity contribution is 7.93. The maximum Gasteiger partial charge on any atom is 0.262 e. The minimum absolute atomic E-state index is 0.135. The molecule has 4 aromatic rings. The molecule has 1 unspecified atom stereocenters. The molecule has 0 radical (unpaired) electrons. The van der Waals surface area contributed by atoms with Crippen LogP contribution in [0, 0.1) is 23.3 Å². The second-order valence-corrected chi connectivity index (χ2v) is 9.75. The van der Waals surface area contributed by atoms with Gasteiger partial charge in [-0.3, -0.25) is 10.0 Å². The molecule has 4 rings (SSSR count). The second kappa shape index (κ2) is 10.0. The molecular weight excluding hydrogens is 474 g/mol. The zero-order valence-electron chi connectivity index (χ0n) is 19.6. The van der Waals surface area contributed by atoms with Gasteiger partial charge in [-0.05, 0) is 43.3 Å². The van der Waals surface area contributed by atoms with Crippen LogP contribution in [0.2, 0.25) is 0 Å². The van der Waals surface area contributed by atoms with Gasteiger partial charge < -0.3 is 9.84 Å². The fourth-order valence-electron chi connectivity index (χ4n) is 3.74. The fraction of sp³-hybridized carbons (Fsp3) is 0.107. The van der Waals surface area contributed by atoms with E-state index in [4.69, 9.17) is 10.00 Å². The molecule has 180 valence electrons. The number of nitrogens with one attached hydrogen (secondary N) is 2. The number of fused-ring (bicyclic) bond motifs is 1. The van der Waals surface area contributed by atoms with Crippen molar-refractivity contribution in [2.45, 2.75) is 17.5 Å². The van der Waals surface area contributed by atoms with Crippen LogP contribution < -0.4 is 14.8 Å². The number of sulfonamides is 1. The van der Waals surface area contributed by atoms with Crippen molar-refractivity contribution in [2.24, 2.45) is 0 Å². The molecule has 0 fully saturated rings. The third-order valence-electron chi connectivity index (χ3n) is 5.61. The Morgan fingerprint density at radius 3 is 2.25 bits per heavy atom. The minimum Gasteiger partial charge on any atom is -0.496 e. The van der Waals surface area contributed by atoms with Gasteiger partial charge in [0.1, 0.15) is 5.75 Å². The van der Waals surface area contributed by atoms with E-state index in [1.165, 1.54) is 13.0 Å². The molecule has 36 heavy (non-hydrogen) atoms. The number of methoxy groups -OCH3 is 1. The number of para-hydroxylation sites is 1. The lowest BCUT2D eigenvalue weighted by Crippen LogP contribution is -2.35. The molecule has 7 nitrogen and oxygen atoms in total. The maximum absolute atomic E-state index is 13.4. The van der Waals surface area contributed by atoms with Crippen LogP contribution in [0.3, 0.4) is 0 Å². The van der Waals surface area contributed by atoms with Crippen LogP contribution in [0.15, 0.2) is 89.8 Å². The fourth-order valence-corrected chi connectivity index (χ4v) is 5.03. The predicted molar refractivity (Wildman–Crippen MR) is 138 cm³/mol. The van der Waals surface area contributed by atoms with E-state index in [1.807, 2.05) is 12.1 Å². The summed E-state index contributed by atoms with van der Waals surface area (Å²) in [6.45, 7) is 1.48. The molecule has 0 aliphatic carbocycles. The summed E-state index contributed by atoms with van der Waals surface area (Å²) in [5.74, 6) is 6.62. The number of ether oxygens (including phenoxy) is 1. The van der Waals surface area contributed by atoms with Gasteiger partial charge >= 0.3 is 0 Å². The van der Waals surface area contributed by atoms with Gasteiger partial charge in [-0.15, -0.1) is 0 Å². The summed E-state index contributed by atoms with van der Waals surface area (Å²) in [4.78, 5) is 0.135. The van der Waals surface area contributed by atoms with E-state index in [0.717, 1.165) is 0 Å². The number of benzene rings is 4. The summed E-state index contributed by atoms with van der Waals surface area (Å²) in [6.07, 6.45) is 1.73. The van der Waals surface area contributed by atoms with Crippen LogP contribution in [0.1, 0.15) is 23.6 Å². The lowest BCUT2D eigenvalue weighted by atomic mass is 10.0. The van der Waals surface area contributed by atoms with Gasteiger partial charge in [-0.2, -0.15) is 5.26 Å². The molecule has 8 heteroatoms. The number of anilines is 1. The average molecular weight is 498 g/mol.